The van der Waals surface area contributed by atoms with Gasteiger partial charge in [0.1, 0.15) is 0 Å². The molecular formula is C18H30N4O. The van der Waals surface area contributed by atoms with Gasteiger partial charge in [0, 0.05) is 50.0 Å². The van der Waals surface area contributed by atoms with Gasteiger partial charge in [-0.25, -0.2) is 0 Å². The lowest BCUT2D eigenvalue weighted by molar-refractivity contribution is 0.0953. The average molecular weight is 318 g/mol. The molecule has 0 bridgehead atoms. The summed E-state index contributed by atoms with van der Waals surface area (Å²) in [6, 6.07) is 8.56. The van der Waals surface area contributed by atoms with Crippen LogP contribution >= 0.6 is 0 Å². The van der Waals surface area contributed by atoms with Crippen molar-refractivity contribution in [3.05, 3.63) is 29.8 Å². The van der Waals surface area contributed by atoms with Crippen molar-refractivity contribution in [3.8, 4) is 0 Å². The van der Waals surface area contributed by atoms with E-state index in [0.29, 0.717) is 19.1 Å². The van der Waals surface area contributed by atoms with Crippen molar-refractivity contribution in [2.75, 3.05) is 44.2 Å². The number of carbonyl (C=O) groups excluding carboxylic acids is 1. The zero-order valence-electron chi connectivity index (χ0n) is 14.4. The van der Waals surface area contributed by atoms with Crippen LogP contribution in [0.25, 0.3) is 0 Å². The first-order valence-corrected chi connectivity index (χ1v) is 8.69. The van der Waals surface area contributed by atoms with Crippen molar-refractivity contribution in [1.82, 2.24) is 10.2 Å². The van der Waals surface area contributed by atoms with Crippen LogP contribution in [0.1, 0.15) is 37.0 Å². The number of nitrogens with zero attached hydrogens (tertiary/aromatic N) is 2. The molecule has 1 heterocycles. The second-order valence-corrected chi connectivity index (χ2v) is 6.42. The normalized spacial score (nSPS) is 15.9. The minimum absolute atomic E-state index is 0.00167. The molecule has 0 aromatic heterocycles. The van der Waals surface area contributed by atoms with E-state index in [1.807, 2.05) is 12.1 Å². The molecule has 2 rings (SSSR count). The molecule has 1 aliphatic rings. The molecule has 1 aliphatic heterocycles. The number of piperazine rings is 1. The van der Waals surface area contributed by atoms with E-state index in [-0.39, 0.29) is 5.91 Å². The third-order valence-electron chi connectivity index (χ3n) is 4.46. The molecule has 1 amide bonds. The molecule has 5 heteroatoms. The molecule has 0 radical (unpaired) electrons. The van der Waals surface area contributed by atoms with Crippen LogP contribution in [0.4, 0.5) is 5.69 Å². The Morgan fingerprint density at radius 3 is 2.35 bits per heavy atom. The number of nitrogens with one attached hydrogen (secondary N) is 1. The van der Waals surface area contributed by atoms with Gasteiger partial charge in [-0.05, 0) is 57.5 Å². The van der Waals surface area contributed by atoms with E-state index in [1.165, 1.54) is 5.69 Å². The number of amides is 1. The van der Waals surface area contributed by atoms with Crippen molar-refractivity contribution in [2.24, 2.45) is 5.73 Å². The predicted molar refractivity (Wildman–Crippen MR) is 96.0 cm³/mol. The fraction of sp³-hybridized carbons (Fsp3) is 0.611. The molecule has 1 aromatic rings. The number of carbonyl (C=O) groups is 1. The van der Waals surface area contributed by atoms with Crippen LogP contribution in [-0.4, -0.2) is 56.1 Å². The maximum absolute atomic E-state index is 12.1. The molecule has 0 atom stereocenters. The van der Waals surface area contributed by atoms with Crippen molar-refractivity contribution in [3.63, 3.8) is 0 Å². The highest BCUT2D eigenvalue weighted by Gasteiger charge is 2.19. The van der Waals surface area contributed by atoms with Crippen LogP contribution < -0.4 is 16.0 Å². The van der Waals surface area contributed by atoms with Gasteiger partial charge < -0.3 is 16.0 Å². The van der Waals surface area contributed by atoms with Gasteiger partial charge in [0.2, 0.25) is 0 Å². The molecule has 1 fully saturated rings. The maximum atomic E-state index is 12.1. The number of benzene rings is 1. The second kappa shape index (κ2) is 8.89. The molecule has 1 saturated heterocycles. The largest absolute Gasteiger partial charge is 0.369 e. The molecule has 0 saturated carbocycles. The standard InChI is InChI=1S/C18H30N4O/c1-15(2)21-11-13-22(14-12-21)17-7-5-16(6-8-17)18(23)20-10-4-3-9-19/h5-8,15H,3-4,9-14,19H2,1-2H3,(H,20,23). The molecule has 23 heavy (non-hydrogen) atoms. The summed E-state index contributed by atoms with van der Waals surface area (Å²) < 4.78 is 0. The lowest BCUT2D eigenvalue weighted by Gasteiger charge is -2.38. The van der Waals surface area contributed by atoms with Crippen LogP contribution in [0, 0.1) is 0 Å². The first kappa shape index (κ1) is 17.8. The quantitative estimate of drug-likeness (QED) is 0.751. The Labute approximate surface area is 139 Å². The fourth-order valence-corrected chi connectivity index (χ4v) is 2.89. The first-order valence-electron chi connectivity index (χ1n) is 8.69. The van der Waals surface area contributed by atoms with Gasteiger partial charge in [-0.15, -0.1) is 0 Å². The average Bonchev–Trinajstić information content (AvgIpc) is 2.59. The molecule has 0 unspecified atom stereocenters. The number of nitrogens with two attached hydrogens (primary N) is 1. The molecule has 128 valence electrons. The predicted octanol–water partition coefficient (Wildman–Crippen LogP) is 1.69. The minimum Gasteiger partial charge on any atom is -0.369 e. The zero-order chi connectivity index (χ0) is 16.7. The smallest absolute Gasteiger partial charge is 0.251 e. The summed E-state index contributed by atoms with van der Waals surface area (Å²) in [7, 11) is 0. The summed E-state index contributed by atoms with van der Waals surface area (Å²) in [6.45, 7) is 10.1. The van der Waals surface area contributed by atoms with Gasteiger partial charge in [0.05, 0.1) is 0 Å². The molecule has 0 aliphatic carbocycles. The number of rotatable bonds is 7. The summed E-state index contributed by atoms with van der Waals surface area (Å²) in [5, 5.41) is 2.94. The van der Waals surface area contributed by atoms with Crippen LogP contribution in [0.15, 0.2) is 24.3 Å². The Hall–Kier alpha value is -1.59. The van der Waals surface area contributed by atoms with Crippen LogP contribution in [-0.2, 0) is 0 Å². The van der Waals surface area contributed by atoms with Crippen molar-refractivity contribution in [1.29, 1.82) is 0 Å². The third kappa shape index (κ3) is 5.22. The Bertz CT molecular complexity index is 478. The van der Waals surface area contributed by atoms with Crippen LogP contribution in [0.3, 0.4) is 0 Å². The summed E-state index contributed by atoms with van der Waals surface area (Å²) in [5.74, 6) is -0.00167. The van der Waals surface area contributed by atoms with E-state index in [0.717, 1.165) is 44.6 Å². The SMILES string of the molecule is CC(C)N1CCN(c2ccc(C(=O)NCCCCN)cc2)CC1. The monoisotopic (exact) mass is 318 g/mol. The minimum atomic E-state index is -0.00167. The van der Waals surface area contributed by atoms with Crippen molar-refractivity contribution < 1.29 is 4.79 Å². The van der Waals surface area contributed by atoms with Crippen molar-refractivity contribution in [2.45, 2.75) is 32.7 Å². The molecule has 5 nitrogen and oxygen atoms in total. The molecule has 1 aromatic carbocycles. The van der Waals surface area contributed by atoms with Gasteiger partial charge in [0.15, 0.2) is 0 Å². The highest BCUT2D eigenvalue weighted by Crippen LogP contribution is 2.18. The lowest BCUT2D eigenvalue weighted by atomic mass is 10.1. The van der Waals surface area contributed by atoms with E-state index in [9.17, 15) is 4.79 Å². The molecule has 0 spiro atoms. The van der Waals surface area contributed by atoms with Gasteiger partial charge in [-0.3, -0.25) is 9.69 Å². The summed E-state index contributed by atoms with van der Waals surface area (Å²) in [4.78, 5) is 16.9. The van der Waals surface area contributed by atoms with Gasteiger partial charge >= 0.3 is 0 Å². The highest BCUT2D eigenvalue weighted by atomic mass is 16.1. The highest BCUT2D eigenvalue weighted by molar-refractivity contribution is 5.94. The Balaban J connectivity index is 1.84. The van der Waals surface area contributed by atoms with Crippen LogP contribution in [0.2, 0.25) is 0 Å². The number of unbranched alkanes of at least 4 members (excludes halogenated alkanes) is 1. The number of hydrogen-bond acceptors (Lipinski definition) is 4. The Morgan fingerprint density at radius 2 is 1.78 bits per heavy atom. The third-order valence-corrected chi connectivity index (χ3v) is 4.46. The second-order valence-electron chi connectivity index (χ2n) is 6.42. The number of anilines is 1. The van der Waals surface area contributed by atoms with E-state index >= 15 is 0 Å². The number of hydrogen-bond donors (Lipinski definition) is 2. The van der Waals surface area contributed by atoms with Gasteiger partial charge in [-0.2, -0.15) is 0 Å². The zero-order valence-corrected chi connectivity index (χ0v) is 14.4. The first-order chi connectivity index (χ1) is 11.1. The Kier molecular flexibility index (Phi) is 6.86. The molecular weight excluding hydrogens is 288 g/mol. The van der Waals surface area contributed by atoms with Gasteiger partial charge in [0.25, 0.3) is 5.91 Å². The van der Waals surface area contributed by atoms with E-state index < -0.39 is 0 Å². The fourth-order valence-electron chi connectivity index (χ4n) is 2.89. The summed E-state index contributed by atoms with van der Waals surface area (Å²) >= 11 is 0. The van der Waals surface area contributed by atoms with E-state index in [4.69, 9.17) is 5.73 Å². The summed E-state index contributed by atoms with van der Waals surface area (Å²) in [5.41, 5.74) is 7.37. The Morgan fingerprint density at radius 1 is 1.13 bits per heavy atom. The van der Waals surface area contributed by atoms with E-state index in [1.54, 1.807) is 0 Å². The lowest BCUT2D eigenvalue weighted by Crippen LogP contribution is -2.48. The van der Waals surface area contributed by atoms with Crippen molar-refractivity contribution >= 4 is 11.6 Å². The van der Waals surface area contributed by atoms with E-state index in [2.05, 4.69) is 41.1 Å². The van der Waals surface area contributed by atoms with Gasteiger partial charge in [-0.1, -0.05) is 0 Å². The van der Waals surface area contributed by atoms with Crippen LogP contribution in [0.5, 0.6) is 0 Å². The molecule has 3 N–H and O–H groups in total. The summed E-state index contributed by atoms with van der Waals surface area (Å²) in [6.07, 6.45) is 1.88. The maximum Gasteiger partial charge on any atom is 0.251 e. The topological polar surface area (TPSA) is 61.6 Å².